The maximum Gasteiger partial charge on any atom is 0.270 e. The zero-order valence-electron chi connectivity index (χ0n) is 18.5. The lowest BCUT2D eigenvalue weighted by atomic mass is 9.94. The number of amides is 2. The van der Waals surface area contributed by atoms with Crippen LogP contribution < -0.4 is 11.1 Å². The highest BCUT2D eigenvalue weighted by Gasteiger charge is 2.22. The Labute approximate surface area is 204 Å². The number of nitrogens with zero attached hydrogens (tertiary/aromatic N) is 4. The van der Waals surface area contributed by atoms with E-state index < -0.39 is 5.91 Å². The van der Waals surface area contributed by atoms with Gasteiger partial charge in [0, 0.05) is 36.1 Å². The number of anilines is 1. The third kappa shape index (κ3) is 5.07. The van der Waals surface area contributed by atoms with Gasteiger partial charge in [0.05, 0.1) is 30.2 Å². The molecule has 1 aliphatic heterocycles. The van der Waals surface area contributed by atoms with Gasteiger partial charge in [0.15, 0.2) is 5.69 Å². The van der Waals surface area contributed by atoms with Gasteiger partial charge in [0.1, 0.15) is 5.00 Å². The van der Waals surface area contributed by atoms with Crippen LogP contribution in [0, 0.1) is 0 Å². The van der Waals surface area contributed by atoms with E-state index in [2.05, 4.69) is 25.2 Å². The average molecular weight is 497 g/mol. The molecule has 34 heavy (non-hydrogen) atoms. The number of thiazole rings is 1. The van der Waals surface area contributed by atoms with E-state index in [9.17, 15) is 9.59 Å². The van der Waals surface area contributed by atoms with Crippen LogP contribution in [0.3, 0.4) is 0 Å². The Morgan fingerprint density at radius 2 is 2.12 bits per heavy atom. The number of nitrogens with one attached hydrogen (secondary N) is 1. The van der Waals surface area contributed by atoms with E-state index in [1.165, 1.54) is 11.3 Å². The van der Waals surface area contributed by atoms with Crippen molar-refractivity contribution in [3.63, 3.8) is 0 Å². The minimum Gasteiger partial charge on any atom is -0.379 e. The molecule has 0 unspecified atom stereocenters. The molecule has 1 saturated heterocycles. The summed E-state index contributed by atoms with van der Waals surface area (Å²) in [6, 6.07) is 5.85. The molecule has 2 aliphatic rings. The minimum atomic E-state index is -0.710. The summed E-state index contributed by atoms with van der Waals surface area (Å²) in [5, 5.41) is 5.30. The lowest BCUT2D eigenvalue weighted by Gasteiger charge is -2.25. The highest BCUT2D eigenvalue weighted by molar-refractivity contribution is 7.19. The third-order valence-electron chi connectivity index (χ3n) is 5.73. The fourth-order valence-corrected chi connectivity index (χ4v) is 5.80. The number of rotatable bonds is 6. The van der Waals surface area contributed by atoms with E-state index in [0.29, 0.717) is 15.7 Å². The molecule has 2 amide bonds. The van der Waals surface area contributed by atoms with Gasteiger partial charge >= 0.3 is 0 Å². The molecule has 4 heterocycles. The van der Waals surface area contributed by atoms with Crippen LogP contribution in [0.1, 0.15) is 49.8 Å². The van der Waals surface area contributed by atoms with Gasteiger partial charge in [0.25, 0.3) is 11.8 Å². The average Bonchev–Trinajstić information content (AvgIpc) is 3.47. The van der Waals surface area contributed by atoms with E-state index in [1.807, 2.05) is 23.6 Å². The molecule has 3 aromatic heterocycles. The first kappa shape index (κ1) is 22.8. The van der Waals surface area contributed by atoms with E-state index in [-0.39, 0.29) is 11.6 Å². The number of fused-ring (bicyclic) bond motifs is 1. The summed E-state index contributed by atoms with van der Waals surface area (Å²) >= 11 is 2.68. The van der Waals surface area contributed by atoms with Crippen molar-refractivity contribution >= 4 is 50.3 Å². The van der Waals surface area contributed by atoms with Gasteiger partial charge < -0.3 is 15.8 Å². The second kappa shape index (κ2) is 10.1. The molecule has 11 heteroatoms. The summed E-state index contributed by atoms with van der Waals surface area (Å²) in [4.78, 5) is 41.7. The van der Waals surface area contributed by atoms with Gasteiger partial charge in [-0.05, 0) is 37.0 Å². The smallest absolute Gasteiger partial charge is 0.270 e. The van der Waals surface area contributed by atoms with Crippen molar-refractivity contribution in [2.75, 3.05) is 31.6 Å². The van der Waals surface area contributed by atoms with Crippen molar-refractivity contribution in [3.8, 4) is 0 Å². The Hall–Kier alpha value is -2.99. The first-order valence-electron chi connectivity index (χ1n) is 11.1. The van der Waals surface area contributed by atoms with Crippen LogP contribution in [0.5, 0.6) is 0 Å². The van der Waals surface area contributed by atoms with Crippen LogP contribution in [0.25, 0.3) is 0 Å². The first-order chi connectivity index (χ1) is 16.6. The fourth-order valence-electron chi connectivity index (χ4n) is 4.04. The van der Waals surface area contributed by atoms with Crippen LogP contribution in [0.4, 0.5) is 10.1 Å². The van der Waals surface area contributed by atoms with Crippen molar-refractivity contribution in [1.82, 2.24) is 14.9 Å². The van der Waals surface area contributed by atoms with E-state index in [0.717, 1.165) is 85.3 Å². The largest absolute Gasteiger partial charge is 0.379 e. The molecule has 0 aromatic carbocycles. The van der Waals surface area contributed by atoms with Gasteiger partial charge in [-0.1, -0.05) is 17.4 Å². The van der Waals surface area contributed by atoms with E-state index >= 15 is 0 Å². The standard InChI is InChI=1S/C23H24N6O3S2/c24-20(30)19-22(28-21(31)15-11-16(33-13-15)12-29-7-9-32-10-8-29)34-23(27-19)26-17-5-1-3-14-4-2-6-25-18(14)17/h2,4,6,11,13H,1,3,5,7-10,12H2,(H2,24,30)(H,28,31). The van der Waals surface area contributed by atoms with Crippen molar-refractivity contribution in [2.24, 2.45) is 10.7 Å². The maximum atomic E-state index is 12.9. The topological polar surface area (TPSA) is 123 Å². The van der Waals surface area contributed by atoms with Gasteiger partial charge in [-0.3, -0.25) is 19.5 Å². The Morgan fingerprint density at radius 1 is 1.26 bits per heavy atom. The summed E-state index contributed by atoms with van der Waals surface area (Å²) in [5.74, 6) is -1.02. The molecule has 176 valence electrons. The summed E-state index contributed by atoms with van der Waals surface area (Å²) in [6.45, 7) is 4.01. The van der Waals surface area contributed by atoms with Crippen molar-refractivity contribution in [3.05, 3.63) is 57.2 Å². The number of hydrogen-bond acceptors (Lipinski definition) is 9. The Kier molecular flexibility index (Phi) is 6.77. The number of thiophene rings is 1. The van der Waals surface area contributed by atoms with Crippen LogP contribution in [0.15, 0.2) is 34.8 Å². The number of nitrogens with two attached hydrogens (primary N) is 1. The van der Waals surface area contributed by atoms with Crippen molar-refractivity contribution in [2.45, 2.75) is 25.8 Å². The Bertz CT molecular complexity index is 1250. The SMILES string of the molecule is NC(=O)c1nc(N=C2CCCc3cccnc32)sc1NC(=O)c1csc(CN2CCOCC2)c1. The lowest BCUT2D eigenvalue weighted by Crippen LogP contribution is -2.35. The molecular weight excluding hydrogens is 472 g/mol. The molecule has 0 spiro atoms. The lowest BCUT2D eigenvalue weighted by molar-refractivity contribution is 0.0346. The molecule has 0 atom stereocenters. The molecule has 3 aromatic rings. The molecule has 3 N–H and O–H groups in total. The number of carbonyl (C=O) groups is 2. The monoisotopic (exact) mass is 496 g/mol. The molecule has 0 bridgehead atoms. The zero-order valence-corrected chi connectivity index (χ0v) is 20.1. The maximum absolute atomic E-state index is 12.9. The normalized spacial score (nSPS) is 17.5. The number of aliphatic imine (C=N–C) groups is 1. The molecule has 0 radical (unpaired) electrons. The van der Waals surface area contributed by atoms with Gasteiger partial charge in [-0.25, -0.2) is 9.98 Å². The number of ether oxygens (including phenoxy) is 1. The highest BCUT2D eigenvalue weighted by Crippen LogP contribution is 2.33. The molecule has 9 nitrogen and oxygen atoms in total. The van der Waals surface area contributed by atoms with Gasteiger partial charge in [0.2, 0.25) is 5.13 Å². The van der Waals surface area contributed by atoms with Crippen LogP contribution >= 0.6 is 22.7 Å². The first-order valence-corrected chi connectivity index (χ1v) is 12.8. The third-order valence-corrected chi connectivity index (χ3v) is 7.52. The predicted molar refractivity (Wildman–Crippen MR) is 132 cm³/mol. The number of primary amides is 1. The summed E-state index contributed by atoms with van der Waals surface area (Å²) < 4.78 is 5.39. The molecular formula is C23H24N6O3S2. The Morgan fingerprint density at radius 3 is 2.94 bits per heavy atom. The predicted octanol–water partition coefficient (Wildman–Crippen LogP) is 3.24. The minimum absolute atomic E-state index is 0.0125. The number of pyridine rings is 1. The van der Waals surface area contributed by atoms with Gasteiger partial charge in [-0.2, -0.15) is 0 Å². The Balaban J connectivity index is 1.33. The zero-order chi connectivity index (χ0) is 23.5. The van der Waals surface area contributed by atoms with Crippen molar-refractivity contribution in [1.29, 1.82) is 0 Å². The molecule has 0 saturated carbocycles. The fraction of sp³-hybridized carbons (Fsp3) is 0.348. The van der Waals surface area contributed by atoms with E-state index in [4.69, 9.17) is 10.5 Å². The molecule has 1 aliphatic carbocycles. The number of aromatic nitrogens is 2. The number of morpholine rings is 1. The second-order valence-electron chi connectivity index (χ2n) is 8.11. The second-order valence-corrected chi connectivity index (χ2v) is 10.1. The highest BCUT2D eigenvalue weighted by atomic mass is 32.1. The summed E-state index contributed by atoms with van der Waals surface area (Å²) in [6.07, 6.45) is 4.45. The van der Waals surface area contributed by atoms with Gasteiger partial charge in [-0.15, -0.1) is 11.3 Å². The van der Waals surface area contributed by atoms with Crippen LogP contribution in [-0.4, -0.2) is 58.7 Å². The van der Waals surface area contributed by atoms with Crippen molar-refractivity contribution < 1.29 is 14.3 Å². The number of hydrogen-bond donors (Lipinski definition) is 2. The van der Waals surface area contributed by atoms with E-state index in [1.54, 1.807) is 6.20 Å². The van der Waals surface area contributed by atoms with Crippen LogP contribution in [0.2, 0.25) is 0 Å². The van der Waals surface area contributed by atoms with Crippen LogP contribution in [-0.2, 0) is 17.7 Å². The molecule has 1 fully saturated rings. The quantitative estimate of drug-likeness (QED) is 0.540. The summed E-state index contributed by atoms with van der Waals surface area (Å²) in [7, 11) is 0. The number of aryl methyl sites for hydroxylation is 1. The number of carbonyl (C=O) groups excluding carboxylic acids is 2. The molecule has 5 rings (SSSR count). The summed E-state index contributed by atoms with van der Waals surface area (Å²) in [5.41, 5.74) is 8.93.